The van der Waals surface area contributed by atoms with Gasteiger partial charge in [-0.1, -0.05) is 23.7 Å². The number of rotatable bonds is 4. The highest BCUT2D eigenvalue weighted by Crippen LogP contribution is 2.36. The van der Waals surface area contributed by atoms with Crippen LogP contribution in [-0.2, 0) is 9.59 Å². The summed E-state index contributed by atoms with van der Waals surface area (Å²) in [5.74, 6) is 0.291. The van der Waals surface area contributed by atoms with Crippen LogP contribution in [0.5, 0.6) is 5.75 Å². The Labute approximate surface area is 143 Å². The Balaban J connectivity index is 1.79. The van der Waals surface area contributed by atoms with E-state index in [2.05, 4.69) is 0 Å². The van der Waals surface area contributed by atoms with Crippen molar-refractivity contribution in [2.45, 2.75) is 16.6 Å². The highest BCUT2D eigenvalue weighted by molar-refractivity contribution is 8.00. The van der Waals surface area contributed by atoms with Crippen molar-refractivity contribution in [2.24, 2.45) is 0 Å². The van der Waals surface area contributed by atoms with E-state index >= 15 is 0 Å². The van der Waals surface area contributed by atoms with E-state index in [9.17, 15) is 9.59 Å². The van der Waals surface area contributed by atoms with Crippen LogP contribution in [0.15, 0.2) is 53.4 Å². The van der Waals surface area contributed by atoms with Gasteiger partial charge in [-0.3, -0.25) is 9.59 Å². The van der Waals surface area contributed by atoms with Gasteiger partial charge >= 0.3 is 0 Å². The van der Waals surface area contributed by atoms with Crippen molar-refractivity contribution >= 4 is 40.9 Å². The summed E-state index contributed by atoms with van der Waals surface area (Å²) in [4.78, 5) is 26.9. The molecule has 0 unspecified atom stereocenters. The van der Waals surface area contributed by atoms with E-state index in [0.717, 1.165) is 10.6 Å². The predicted molar refractivity (Wildman–Crippen MR) is 91.2 cm³/mol. The van der Waals surface area contributed by atoms with E-state index in [1.165, 1.54) is 16.7 Å². The van der Waals surface area contributed by atoms with E-state index < -0.39 is 5.25 Å². The summed E-state index contributed by atoms with van der Waals surface area (Å²) >= 11 is 7.49. The first kappa shape index (κ1) is 15.9. The summed E-state index contributed by atoms with van der Waals surface area (Å²) in [5, 5.41) is -0.0449. The second kappa shape index (κ2) is 6.64. The van der Waals surface area contributed by atoms with Gasteiger partial charge in [-0.05, 0) is 36.4 Å². The number of anilines is 1. The number of para-hydroxylation sites is 1. The van der Waals surface area contributed by atoms with Crippen molar-refractivity contribution in [2.75, 3.05) is 12.0 Å². The van der Waals surface area contributed by atoms with Crippen molar-refractivity contribution < 1.29 is 14.3 Å². The van der Waals surface area contributed by atoms with E-state index in [4.69, 9.17) is 16.3 Å². The first-order valence-corrected chi connectivity index (χ1v) is 8.28. The minimum absolute atomic E-state index is 0.167. The molecule has 1 saturated heterocycles. The fourth-order valence-electron chi connectivity index (χ4n) is 2.40. The van der Waals surface area contributed by atoms with E-state index in [1.54, 1.807) is 31.4 Å². The largest absolute Gasteiger partial charge is 0.497 e. The van der Waals surface area contributed by atoms with Crippen molar-refractivity contribution in [3.05, 3.63) is 53.6 Å². The average molecular weight is 348 g/mol. The van der Waals surface area contributed by atoms with Gasteiger partial charge in [0.2, 0.25) is 11.8 Å². The average Bonchev–Trinajstić information content (AvgIpc) is 2.83. The maximum atomic E-state index is 12.6. The molecule has 0 spiro atoms. The fourth-order valence-corrected chi connectivity index (χ4v) is 3.67. The number of thioether (sulfide) groups is 1. The normalized spacial score (nSPS) is 17.7. The molecule has 0 radical (unpaired) electrons. The van der Waals surface area contributed by atoms with Crippen LogP contribution in [0, 0.1) is 0 Å². The minimum atomic E-state index is -0.438. The standard InChI is InChI=1S/C17H14ClNO3S/c1-22-11-6-8-12(9-7-11)23-15-10-16(20)19(17(15)21)14-5-3-2-4-13(14)18/h2-9,15H,10H2,1H3/t15-/m0/s1. The first-order valence-electron chi connectivity index (χ1n) is 7.02. The molecule has 1 aliphatic rings. The maximum Gasteiger partial charge on any atom is 0.247 e. The van der Waals surface area contributed by atoms with Gasteiger partial charge in [-0.15, -0.1) is 11.8 Å². The molecule has 2 amide bonds. The number of carbonyl (C=O) groups is 2. The summed E-state index contributed by atoms with van der Waals surface area (Å²) in [7, 11) is 1.60. The van der Waals surface area contributed by atoms with Gasteiger partial charge < -0.3 is 4.74 Å². The molecule has 118 valence electrons. The van der Waals surface area contributed by atoms with Crippen LogP contribution in [-0.4, -0.2) is 24.2 Å². The molecule has 1 atom stereocenters. The molecule has 3 rings (SSSR count). The lowest BCUT2D eigenvalue weighted by Gasteiger charge is -2.16. The minimum Gasteiger partial charge on any atom is -0.497 e. The molecular formula is C17H14ClNO3S. The number of methoxy groups -OCH3 is 1. The molecule has 1 heterocycles. The lowest BCUT2D eigenvalue weighted by atomic mass is 10.3. The van der Waals surface area contributed by atoms with Crippen molar-refractivity contribution in [1.29, 1.82) is 0 Å². The Morgan fingerprint density at radius 1 is 1.13 bits per heavy atom. The van der Waals surface area contributed by atoms with E-state index in [-0.39, 0.29) is 18.2 Å². The Bertz CT molecular complexity index is 748. The Morgan fingerprint density at radius 2 is 1.83 bits per heavy atom. The molecule has 1 fully saturated rings. The van der Waals surface area contributed by atoms with Crippen LogP contribution in [0.1, 0.15) is 6.42 Å². The van der Waals surface area contributed by atoms with Gasteiger partial charge in [-0.2, -0.15) is 0 Å². The van der Waals surface area contributed by atoms with Gasteiger partial charge in [0.05, 0.1) is 23.1 Å². The topological polar surface area (TPSA) is 46.6 Å². The zero-order chi connectivity index (χ0) is 16.4. The number of amides is 2. The van der Waals surface area contributed by atoms with Gasteiger partial charge in [0.1, 0.15) is 5.75 Å². The molecule has 6 heteroatoms. The Hall–Kier alpha value is -1.98. The predicted octanol–water partition coefficient (Wildman–Crippen LogP) is 3.77. The highest BCUT2D eigenvalue weighted by atomic mass is 35.5. The number of benzene rings is 2. The van der Waals surface area contributed by atoms with Gasteiger partial charge in [-0.25, -0.2) is 4.90 Å². The molecule has 0 aromatic heterocycles. The third-order valence-electron chi connectivity index (χ3n) is 3.54. The quantitative estimate of drug-likeness (QED) is 0.790. The summed E-state index contributed by atoms with van der Waals surface area (Å²) in [5.41, 5.74) is 0.446. The molecule has 2 aromatic carbocycles. The maximum absolute atomic E-state index is 12.6. The Kier molecular flexibility index (Phi) is 4.59. The molecule has 23 heavy (non-hydrogen) atoms. The highest BCUT2D eigenvalue weighted by Gasteiger charge is 2.40. The zero-order valence-corrected chi connectivity index (χ0v) is 13.9. The molecule has 0 bridgehead atoms. The number of carbonyl (C=O) groups excluding carboxylic acids is 2. The summed E-state index contributed by atoms with van der Waals surface area (Å²) in [6.45, 7) is 0. The molecule has 0 saturated carbocycles. The number of imide groups is 1. The Morgan fingerprint density at radius 3 is 2.48 bits per heavy atom. The van der Waals surface area contributed by atoms with Crippen LogP contribution in [0.25, 0.3) is 0 Å². The number of hydrogen-bond acceptors (Lipinski definition) is 4. The van der Waals surface area contributed by atoms with E-state index in [0.29, 0.717) is 10.7 Å². The van der Waals surface area contributed by atoms with Crippen molar-refractivity contribution in [3.8, 4) is 5.75 Å². The van der Waals surface area contributed by atoms with Crippen LogP contribution in [0.3, 0.4) is 0 Å². The second-order valence-electron chi connectivity index (χ2n) is 5.00. The fraction of sp³-hybridized carbons (Fsp3) is 0.176. The van der Waals surface area contributed by atoms with Crippen LogP contribution in [0.4, 0.5) is 5.69 Å². The molecule has 0 N–H and O–H groups in total. The number of halogens is 1. The molecule has 0 aliphatic carbocycles. The van der Waals surface area contributed by atoms with Crippen LogP contribution >= 0.6 is 23.4 Å². The number of nitrogens with zero attached hydrogens (tertiary/aromatic N) is 1. The first-order chi connectivity index (χ1) is 11.1. The smallest absolute Gasteiger partial charge is 0.247 e. The third kappa shape index (κ3) is 3.21. The third-order valence-corrected chi connectivity index (χ3v) is 5.05. The summed E-state index contributed by atoms with van der Waals surface area (Å²) in [6.07, 6.45) is 0.167. The van der Waals surface area contributed by atoms with Gasteiger partial charge in [0.25, 0.3) is 0 Å². The van der Waals surface area contributed by atoms with Gasteiger partial charge in [0, 0.05) is 11.3 Å². The summed E-state index contributed by atoms with van der Waals surface area (Å²) < 4.78 is 5.11. The second-order valence-corrected chi connectivity index (χ2v) is 6.69. The zero-order valence-electron chi connectivity index (χ0n) is 12.4. The van der Waals surface area contributed by atoms with Crippen LogP contribution in [0.2, 0.25) is 5.02 Å². The van der Waals surface area contributed by atoms with Crippen molar-refractivity contribution in [3.63, 3.8) is 0 Å². The number of ether oxygens (including phenoxy) is 1. The lowest BCUT2D eigenvalue weighted by Crippen LogP contribution is -2.31. The van der Waals surface area contributed by atoms with Crippen molar-refractivity contribution in [1.82, 2.24) is 0 Å². The van der Waals surface area contributed by atoms with Gasteiger partial charge in [0.15, 0.2) is 0 Å². The molecule has 1 aliphatic heterocycles. The van der Waals surface area contributed by atoms with E-state index in [1.807, 2.05) is 24.3 Å². The SMILES string of the molecule is COc1ccc(S[C@H]2CC(=O)N(c3ccccc3Cl)C2=O)cc1. The number of hydrogen-bond donors (Lipinski definition) is 0. The molecular weight excluding hydrogens is 334 g/mol. The summed E-state index contributed by atoms with van der Waals surface area (Å²) in [6, 6.07) is 14.3. The monoisotopic (exact) mass is 347 g/mol. The molecule has 2 aromatic rings. The molecule has 4 nitrogen and oxygen atoms in total. The van der Waals surface area contributed by atoms with Crippen LogP contribution < -0.4 is 9.64 Å². The lowest BCUT2D eigenvalue weighted by molar-refractivity contribution is -0.121.